The van der Waals surface area contributed by atoms with E-state index in [9.17, 15) is 38.3 Å². The van der Waals surface area contributed by atoms with Crippen LogP contribution >= 0.6 is 23.9 Å². The van der Waals surface area contributed by atoms with Crippen LogP contribution in [0.25, 0.3) is 0 Å². The zero-order chi connectivity index (χ0) is 72.7. The molecule has 0 radical (unpaired) electrons. The third-order valence-corrected chi connectivity index (χ3v) is 29.4. The molecule has 0 aromatic carbocycles. The fourth-order valence-corrected chi connectivity index (χ4v) is 14.8. The smallest absolute Gasteiger partial charge is 1.00 e. The van der Waals surface area contributed by atoms with Crippen LogP contribution in [0.1, 0.15) is 149 Å². The first kappa shape index (κ1) is 121. The predicted molar refractivity (Wildman–Crippen MR) is 405 cm³/mol. The van der Waals surface area contributed by atoms with Crippen LogP contribution in [0.4, 0.5) is 0 Å². The van der Waals surface area contributed by atoms with Gasteiger partial charge < -0.3 is 71.0 Å². The van der Waals surface area contributed by atoms with Gasteiger partial charge in [0.15, 0.2) is 16.6 Å². The first-order chi connectivity index (χ1) is 44.9. The van der Waals surface area contributed by atoms with Gasteiger partial charge in [-0.05, 0) is 49.1 Å². The SMILES string of the molecule is C.CC#N.CC[C@H]1O[CH-]CC1O[P+](=O)OC[C@H]1O[CH-]CC1O[Si](C)(C)C(C)(C)C.CC[C@H]1O[CH-]CC1O[P@@](=O)(OCCC(=O)N(C)C)OC[C@H]1O[CH-]CC1O[Si](C)(C)C(C)(C)C.CN(C)C(=O)CCO[P@@](=O)(OC[C@H]1O[CH-]CC1O)OC1C[CH-]O[C@@H]1CO.CON(C)C(=O)CCO.[Ba+2].[Ba+2].[Ba+2].[Ba+2].[Ba+2].[Ba+2].[H-].[H-].[H-].[H-].[H-].[H-]. The number of hydroxylamine groups is 2. The van der Waals surface area contributed by atoms with Crippen LogP contribution in [0, 0.1) is 51.0 Å². The summed E-state index contributed by atoms with van der Waals surface area (Å²) in [6, 6.07) is 1.75. The average molecular weight is 2310 g/mol. The summed E-state index contributed by atoms with van der Waals surface area (Å²) in [5, 5.41) is 35.9. The molecule has 15 atom stereocenters. The molecule has 582 valence electrons. The van der Waals surface area contributed by atoms with Gasteiger partial charge in [-0.2, -0.15) is 5.26 Å². The Hall–Kier alpha value is 7.52. The fourth-order valence-electron chi connectivity index (χ4n) is 8.53. The zero-order valence-corrected chi connectivity index (χ0v) is 95.6. The minimum absolute atomic E-state index is 0. The van der Waals surface area contributed by atoms with Crippen molar-refractivity contribution in [1.29, 1.82) is 5.26 Å². The van der Waals surface area contributed by atoms with Crippen molar-refractivity contribution in [3.8, 4) is 6.07 Å². The third kappa shape index (κ3) is 47.4. The number of hydrogen-bond donors (Lipinski definition) is 3. The number of carbonyl (C=O) groups is 3. The van der Waals surface area contributed by atoms with Gasteiger partial charge in [-0.3, -0.25) is 46.4 Å². The molecule has 0 aromatic rings. The zero-order valence-electron chi connectivity index (χ0n) is 70.2. The molecule has 0 aromatic heterocycles. The standard InChI is InChI=1S/C22H42NO8PSi.C17H32O6PSi.C15H26NO9P.C5H11NO3.C2H3N.CH4.6Ba.6H/c1-9-17-18(10-13-26-17)30-32(25,28-15-12-21(24)23(5)6)29-16-20-19(11-14-27-20)31-33(7,8)22(2,3)4;1-7-13-14(8-10-19-13)22-24(18)21-12-16-15(9-11-20-16)23-25(5,6)17(2,3)4;1-16(2)15(19)5-8-23-26(20,24-10-14-11(18)3-6-22-14)25-12-4-7-21-13(12)9-17;1-6(9-2)5(8)3-4-7;1-2-3;;;;;;;;;;;;;/h13-14,17-20H,9-12,15-16H2,1-8H3;10-11,13-16H,7-9,12H2,1-6H3;6-7,11-14,17-18H,3-5,8-10H2,1-2H3;7H,3-4H2,1-2H3;1H3;1H4;;;;;;;;;;;;/q-2;-1;-2;;;;6*+2;6*-1/t17-,18?,19?,20-,32+;13-,14?,15?,16-;11?,12?,13-,14-,26+;;;;;;;;;;;;;;;/m111.............../s1. The Kier molecular flexibility index (Phi) is 74.8. The van der Waals surface area contributed by atoms with E-state index in [1.807, 2.05) is 13.8 Å². The van der Waals surface area contributed by atoms with Gasteiger partial charge in [0.25, 0.3) is 0 Å². The van der Waals surface area contributed by atoms with Crippen LogP contribution in [-0.2, 0) is 106 Å². The molecule has 6 saturated heterocycles. The quantitative estimate of drug-likeness (QED) is 0.0239. The number of phosphoric ester groups is 2. The summed E-state index contributed by atoms with van der Waals surface area (Å²) in [6.45, 7) is 36.4. The van der Waals surface area contributed by atoms with Crippen LogP contribution in [0.15, 0.2) is 0 Å². The van der Waals surface area contributed by atoms with Crippen LogP contribution in [-0.4, -0.2) is 520 Å². The van der Waals surface area contributed by atoms with E-state index in [0.717, 1.165) is 17.9 Å². The predicted octanol–water partition coefficient (Wildman–Crippen LogP) is 8.63. The van der Waals surface area contributed by atoms with Crippen LogP contribution in [0.2, 0.25) is 36.3 Å². The van der Waals surface area contributed by atoms with Gasteiger partial charge >= 0.3 is 317 Å². The Morgan fingerprint density at radius 1 is 0.563 bits per heavy atom. The third-order valence-electron chi connectivity index (χ3n) is 16.6. The molecule has 0 spiro atoms. The van der Waals surface area contributed by atoms with Crippen LogP contribution in [0.5, 0.6) is 0 Å². The summed E-state index contributed by atoms with van der Waals surface area (Å²) in [5.41, 5.74) is 0. The maximum absolute atomic E-state index is 13.5. The Labute approximate surface area is 870 Å². The topological polar surface area (TPSA) is 354 Å². The summed E-state index contributed by atoms with van der Waals surface area (Å²) in [6.07, 6.45) is 0.125. The molecule has 103 heavy (non-hydrogen) atoms. The molecule has 6 aliphatic heterocycles. The van der Waals surface area contributed by atoms with Gasteiger partial charge in [0.05, 0.1) is 121 Å². The number of ether oxygens (including phenoxy) is 6. The number of hydrogen-bond acceptors (Lipinski definition) is 27. The number of aliphatic hydroxyl groups is 3. The minimum Gasteiger partial charge on any atom is -1.00 e. The summed E-state index contributed by atoms with van der Waals surface area (Å²) < 4.78 is 128. The molecule has 41 heteroatoms. The second kappa shape index (κ2) is 63.5. The maximum Gasteiger partial charge on any atom is 2.00 e. The van der Waals surface area contributed by atoms with E-state index in [0.29, 0.717) is 38.5 Å². The molecule has 6 heterocycles. The maximum atomic E-state index is 13.5. The Balaban J connectivity index is -0.000000115. The summed E-state index contributed by atoms with van der Waals surface area (Å²) >= 11 is 0. The van der Waals surface area contributed by atoms with Gasteiger partial charge in [-0.15, -0.1) is 47.6 Å². The molecular weight excluding hydrogens is 2190 g/mol. The summed E-state index contributed by atoms with van der Waals surface area (Å²) in [4.78, 5) is 41.5. The van der Waals surface area contributed by atoms with E-state index in [4.69, 9.17) is 83.8 Å². The second-order valence-corrected chi connectivity index (χ2v) is 40.0. The molecule has 3 amide bonds. The van der Waals surface area contributed by atoms with Gasteiger partial charge in [0, 0.05) is 65.0 Å². The molecule has 6 rings (SSSR count). The van der Waals surface area contributed by atoms with Crippen molar-refractivity contribution >= 4 is 352 Å². The van der Waals surface area contributed by atoms with Crippen molar-refractivity contribution in [2.45, 2.75) is 250 Å². The van der Waals surface area contributed by atoms with Crippen molar-refractivity contribution in [2.24, 2.45) is 0 Å². The summed E-state index contributed by atoms with van der Waals surface area (Å²) in [5.74, 6) is -0.562. The normalized spacial score (nSPS) is 25.4. The van der Waals surface area contributed by atoms with Crippen molar-refractivity contribution in [1.82, 2.24) is 14.9 Å². The molecule has 6 fully saturated rings. The Morgan fingerprint density at radius 3 is 1.26 bits per heavy atom. The van der Waals surface area contributed by atoms with E-state index < -0.39 is 77.2 Å². The Morgan fingerprint density at radius 2 is 0.903 bits per heavy atom. The van der Waals surface area contributed by atoms with E-state index in [-0.39, 0.29) is 439 Å². The van der Waals surface area contributed by atoms with Crippen molar-refractivity contribution in [2.75, 3.05) is 88.6 Å². The molecule has 7 unspecified atom stereocenters. The molecule has 3 N–H and O–H groups in total. The number of nitriles is 1. The number of phosphoric acid groups is 2. The molecule has 6 aliphatic rings. The molecule has 0 saturated carbocycles. The van der Waals surface area contributed by atoms with Gasteiger partial charge in [0.2, 0.25) is 17.7 Å². The number of carbonyl (C=O) groups excluding carboxylic acids is 3. The molecule has 0 bridgehead atoms. The van der Waals surface area contributed by atoms with E-state index in [1.165, 1.54) is 44.1 Å². The van der Waals surface area contributed by atoms with E-state index in [1.54, 1.807) is 60.7 Å². The van der Waals surface area contributed by atoms with Gasteiger partial charge in [0.1, 0.15) is 12.7 Å². The second-order valence-electron chi connectivity index (χ2n) is 26.3. The van der Waals surface area contributed by atoms with Crippen molar-refractivity contribution in [3.05, 3.63) is 39.6 Å². The van der Waals surface area contributed by atoms with Gasteiger partial charge in [-0.25, -0.2) is 53.8 Å². The van der Waals surface area contributed by atoms with Crippen LogP contribution < -0.4 is 0 Å². The van der Waals surface area contributed by atoms with Crippen molar-refractivity contribution < 1.29 is 130 Å². The Bertz CT molecular complexity index is 2480. The fraction of sp³-hybridized carbons (Fsp3) is 0.839. The summed E-state index contributed by atoms with van der Waals surface area (Å²) in [7, 11) is -4.76. The van der Waals surface area contributed by atoms with E-state index in [2.05, 4.69) is 72.6 Å². The number of amides is 3. The first-order valence-corrected chi connectivity index (χ1v) is 42.2. The van der Waals surface area contributed by atoms with E-state index >= 15 is 0 Å². The number of nitrogens with zero attached hydrogens (tertiary/aromatic N) is 4. The molecule has 0 aliphatic carbocycles. The van der Waals surface area contributed by atoms with Crippen LogP contribution in [0.3, 0.4) is 0 Å². The van der Waals surface area contributed by atoms with Gasteiger partial charge in [-0.1, -0.05) is 62.8 Å². The largest absolute Gasteiger partial charge is 2.00 e. The first-order valence-electron chi connectivity index (χ1n) is 32.4. The average Bonchev–Trinajstić information content (AvgIpc) is 1.82. The number of rotatable bonds is 33. The molecule has 30 nitrogen and oxygen atoms in total. The minimum atomic E-state index is -4.07. The molecular formula is C62H124Ba6N4O26P3Si2+. The number of aliphatic hydroxyl groups excluding tert-OH is 3. The monoisotopic (exact) mass is 2320 g/mol. The van der Waals surface area contributed by atoms with Crippen molar-refractivity contribution in [3.63, 3.8) is 0 Å².